The first-order valence-corrected chi connectivity index (χ1v) is 17.7. The largest absolute Gasteiger partial charge is 2.00 e. The zero-order valence-electron chi connectivity index (χ0n) is 28.9. The van der Waals surface area contributed by atoms with Gasteiger partial charge in [0.05, 0.1) is 27.9 Å². The van der Waals surface area contributed by atoms with E-state index in [-0.39, 0.29) is 33.5 Å². The van der Waals surface area contributed by atoms with Crippen LogP contribution >= 0.6 is 0 Å². The second-order valence-corrected chi connectivity index (χ2v) is 13.1. The van der Waals surface area contributed by atoms with Crippen LogP contribution in [0.15, 0.2) is 182 Å². The maximum atomic E-state index is 11.3. The molecule has 8 heteroatoms. The molecule has 258 valence electrons. The Morgan fingerprint density at radius 3 is 2.04 bits per heavy atom. The minimum Gasteiger partial charge on any atom is -0.507 e. The molecule has 6 nitrogen and oxygen atoms in total. The second kappa shape index (κ2) is 13.8. The van der Waals surface area contributed by atoms with Gasteiger partial charge in [-0.1, -0.05) is 109 Å². The van der Waals surface area contributed by atoms with Crippen LogP contribution in [-0.2, 0) is 21.1 Å². The van der Waals surface area contributed by atoms with Gasteiger partial charge in [-0.3, -0.25) is 14.0 Å². The van der Waals surface area contributed by atoms with E-state index < -0.39 is 0 Å². The molecule has 0 saturated heterocycles. The van der Waals surface area contributed by atoms with Crippen LogP contribution in [0.5, 0.6) is 5.75 Å². The molecule has 0 saturated carbocycles. The van der Waals surface area contributed by atoms with Crippen molar-refractivity contribution in [1.29, 1.82) is 0 Å². The van der Waals surface area contributed by atoms with E-state index in [1.165, 1.54) is 0 Å². The van der Waals surface area contributed by atoms with Crippen LogP contribution in [-0.4, -0.2) is 25.9 Å². The zero-order chi connectivity index (χ0) is 35.3. The van der Waals surface area contributed by atoms with Crippen molar-refractivity contribution in [2.75, 3.05) is 4.90 Å². The number of aromatic hydroxyl groups is 1. The topological polar surface area (TPSA) is 50.1 Å². The van der Waals surface area contributed by atoms with Crippen LogP contribution in [0.25, 0.3) is 39.5 Å². The van der Waals surface area contributed by atoms with Gasteiger partial charge in [0.2, 0.25) is 6.71 Å². The van der Waals surface area contributed by atoms with Crippen molar-refractivity contribution in [2.24, 2.45) is 0 Å². The maximum Gasteiger partial charge on any atom is 2.00 e. The number of rotatable bonds is 6. The number of phenols is 1. The molecule has 0 amide bonds. The summed E-state index contributed by atoms with van der Waals surface area (Å²) in [5, 5.41) is 11.3. The first kappa shape index (κ1) is 33.4. The first-order chi connectivity index (χ1) is 26.2. The molecule has 0 spiro atoms. The maximum absolute atomic E-state index is 11.3. The van der Waals surface area contributed by atoms with E-state index in [1.807, 2.05) is 60.7 Å². The Hall–Kier alpha value is -6.43. The summed E-state index contributed by atoms with van der Waals surface area (Å²) in [6.07, 6.45) is 3.63. The number of phenolic OH excluding ortho intramolecular Hbond substituents is 1. The van der Waals surface area contributed by atoms with E-state index >= 15 is 0 Å². The third-order valence-electron chi connectivity index (χ3n) is 9.96. The SMILES string of the molecule is Oc1ccccc1-c1nc2c(n1-c1ccccc1)N(c1ccccc1)c1ccccc1B2c1[c-]c(-n2[c-][n+](-c3ccccc3)c3ccccc32)ccc1.[Pt+2]. The molecular formula is C46H31BN5OPt+. The van der Waals surface area contributed by atoms with E-state index in [0.29, 0.717) is 11.4 Å². The van der Waals surface area contributed by atoms with Crippen molar-refractivity contribution in [3.05, 3.63) is 194 Å². The number of fused-ring (bicyclic) bond motifs is 3. The van der Waals surface area contributed by atoms with Crippen molar-refractivity contribution < 1.29 is 30.7 Å². The Labute approximate surface area is 328 Å². The minimum atomic E-state index is -0.279. The zero-order valence-corrected chi connectivity index (χ0v) is 31.2. The molecule has 9 aromatic rings. The number of nitrogens with zero attached hydrogens (tertiary/aromatic N) is 5. The number of hydrogen-bond donors (Lipinski definition) is 1. The summed E-state index contributed by atoms with van der Waals surface area (Å²) in [6.45, 7) is -0.279. The molecule has 1 aliphatic rings. The van der Waals surface area contributed by atoms with Gasteiger partial charge < -0.3 is 9.67 Å². The number of anilines is 3. The Morgan fingerprint density at radius 2 is 1.26 bits per heavy atom. The average molecular weight is 876 g/mol. The first-order valence-electron chi connectivity index (χ1n) is 17.7. The van der Waals surface area contributed by atoms with Crippen LogP contribution < -0.4 is 26.0 Å². The smallest absolute Gasteiger partial charge is 0.507 e. The van der Waals surface area contributed by atoms with E-state index in [0.717, 1.165) is 61.8 Å². The van der Waals surface area contributed by atoms with Gasteiger partial charge in [-0.15, -0.1) is 0 Å². The summed E-state index contributed by atoms with van der Waals surface area (Å²) >= 11 is 0. The fourth-order valence-electron chi connectivity index (χ4n) is 7.63. The van der Waals surface area contributed by atoms with E-state index in [1.54, 1.807) is 6.07 Å². The summed E-state index contributed by atoms with van der Waals surface area (Å²) in [5.74, 6) is 1.73. The van der Waals surface area contributed by atoms with Gasteiger partial charge in [0.1, 0.15) is 17.4 Å². The monoisotopic (exact) mass is 875 g/mol. The van der Waals surface area contributed by atoms with E-state index in [9.17, 15) is 5.11 Å². The van der Waals surface area contributed by atoms with E-state index in [4.69, 9.17) is 4.98 Å². The molecule has 0 radical (unpaired) electrons. The van der Waals surface area contributed by atoms with Crippen molar-refractivity contribution in [3.8, 4) is 34.2 Å². The van der Waals surface area contributed by atoms with Crippen molar-refractivity contribution in [3.63, 3.8) is 0 Å². The summed E-state index contributed by atoms with van der Waals surface area (Å²) in [7, 11) is 0. The van der Waals surface area contributed by atoms with E-state index in [2.05, 4.69) is 146 Å². The van der Waals surface area contributed by atoms with Crippen LogP contribution in [0.2, 0.25) is 0 Å². The Morgan fingerprint density at radius 1 is 0.611 bits per heavy atom. The third kappa shape index (κ3) is 5.48. The normalized spacial score (nSPS) is 11.9. The number of imidazole rings is 2. The summed E-state index contributed by atoms with van der Waals surface area (Å²) < 4.78 is 6.37. The van der Waals surface area contributed by atoms with Crippen LogP contribution in [0.4, 0.5) is 17.2 Å². The number of para-hydroxylation sites is 7. The fourth-order valence-corrected chi connectivity index (χ4v) is 7.63. The van der Waals surface area contributed by atoms with Crippen molar-refractivity contribution >= 4 is 51.5 Å². The quantitative estimate of drug-likeness (QED) is 0.108. The summed E-state index contributed by atoms with van der Waals surface area (Å²) in [5.41, 5.74) is 10.6. The average Bonchev–Trinajstić information content (AvgIpc) is 3.81. The Balaban J connectivity index is 0.00000384. The molecule has 3 heterocycles. The molecule has 54 heavy (non-hydrogen) atoms. The molecule has 0 unspecified atom stereocenters. The Bertz CT molecular complexity index is 2770. The molecule has 7 aromatic carbocycles. The number of aromatic nitrogens is 4. The molecule has 1 N–H and O–H groups in total. The molecule has 2 aromatic heterocycles. The van der Waals surface area contributed by atoms with Crippen molar-refractivity contribution in [2.45, 2.75) is 0 Å². The molecule has 1 aliphatic heterocycles. The molecule has 0 bridgehead atoms. The summed E-state index contributed by atoms with van der Waals surface area (Å²) in [4.78, 5) is 7.81. The van der Waals surface area contributed by atoms with Gasteiger partial charge in [0.25, 0.3) is 6.33 Å². The minimum absolute atomic E-state index is 0. The Kier molecular flexibility index (Phi) is 8.57. The molecular weight excluding hydrogens is 844 g/mol. The van der Waals surface area contributed by atoms with Crippen molar-refractivity contribution in [1.82, 2.24) is 14.1 Å². The second-order valence-electron chi connectivity index (χ2n) is 13.1. The molecule has 0 fully saturated rings. The molecule has 10 rings (SSSR count). The van der Waals surface area contributed by atoms with Gasteiger partial charge in [-0.2, -0.15) is 29.7 Å². The number of hydrogen-bond acceptors (Lipinski definition) is 3. The predicted octanol–water partition coefficient (Wildman–Crippen LogP) is 7.36. The molecule has 0 atom stereocenters. The fraction of sp³-hybridized carbons (Fsp3) is 0. The van der Waals surface area contributed by atoms with Gasteiger partial charge in [0.15, 0.2) is 0 Å². The standard InChI is InChI=1S/C46H31BN5O.Pt/c53-43-30-15-10-25-38(43)45-48-44-46(52(45)36-22-8-3-9-23-36)51(35-20-6-2-7-21-35)40-27-12-11-26-39(40)47(44)33-17-16-24-37(31-33)50-32-49(34-18-4-1-5-19-34)41-28-13-14-29-42(41)50;/h1-30,53H;/q-1;+2. The van der Waals surface area contributed by atoms with Crippen LogP contribution in [0, 0.1) is 12.4 Å². The van der Waals surface area contributed by atoms with Gasteiger partial charge in [-0.05, 0) is 65.7 Å². The summed E-state index contributed by atoms with van der Waals surface area (Å²) in [6, 6.07) is 65.5. The van der Waals surface area contributed by atoms with Gasteiger partial charge >= 0.3 is 21.1 Å². The van der Waals surface area contributed by atoms with Gasteiger partial charge in [0, 0.05) is 17.1 Å². The van der Waals surface area contributed by atoms with Crippen LogP contribution in [0.1, 0.15) is 0 Å². The van der Waals surface area contributed by atoms with Gasteiger partial charge in [-0.25, -0.2) is 4.98 Å². The van der Waals surface area contributed by atoms with Crippen LogP contribution in [0.3, 0.4) is 0 Å². The number of benzene rings is 7. The third-order valence-corrected chi connectivity index (χ3v) is 9.96. The predicted molar refractivity (Wildman–Crippen MR) is 212 cm³/mol. The molecule has 0 aliphatic carbocycles.